The maximum absolute atomic E-state index is 12.0. The van der Waals surface area contributed by atoms with E-state index in [1.54, 1.807) is 0 Å². The molecule has 0 aromatic heterocycles. The Morgan fingerprint density at radius 2 is 1.90 bits per heavy atom. The zero-order valence-corrected chi connectivity index (χ0v) is 18.0. The maximum atomic E-state index is 12.0. The number of nitrogens with zero attached hydrogens (tertiary/aromatic N) is 2. The van der Waals surface area contributed by atoms with Crippen molar-refractivity contribution in [3.05, 3.63) is 35.4 Å². The summed E-state index contributed by atoms with van der Waals surface area (Å²) in [6, 6.07) is 8.26. The highest BCUT2D eigenvalue weighted by Crippen LogP contribution is 2.61. The summed E-state index contributed by atoms with van der Waals surface area (Å²) in [7, 11) is 0. The normalized spacial score (nSPS) is 32.7. The number of hydrogen-bond donors (Lipinski definition) is 2. The van der Waals surface area contributed by atoms with Crippen LogP contribution >= 0.6 is 0 Å². The first-order chi connectivity index (χ1) is 14.2. The summed E-state index contributed by atoms with van der Waals surface area (Å²) in [5.74, 6) is 0.954. The summed E-state index contributed by atoms with van der Waals surface area (Å²) in [6.45, 7) is 6.34. The summed E-state index contributed by atoms with van der Waals surface area (Å²) in [4.78, 5) is 17.0. The molecule has 0 heterocycles. The summed E-state index contributed by atoms with van der Waals surface area (Å²) in [5, 5.41) is 22.0. The Bertz CT molecular complexity index is 868. The van der Waals surface area contributed by atoms with E-state index in [0.29, 0.717) is 31.2 Å². The number of rotatable bonds is 6. The smallest absolute Gasteiger partial charge is 0.309 e. The van der Waals surface area contributed by atoms with Crippen molar-refractivity contribution in [3.8, 4) is 6.19 Å². The lowest BCUT2D eigenvalue weighted by molar-refractivity contribution is -0.166. The van der Waals surface area contributed by atoms with Gasteiger partial charge in [-0.1, -0.05) is 29.8 Å². The van der Waals surface area contributed by atoms with Gasteiger partial charge in [-0.2, -0.15) is 5.26 Å². The molecular weight excluding hydrogens is 378 g/mol. The van der Waals surface area contributed by atoms with Crippen molar-refractivity contribution in [2.45, 2.75) is 71.1 Å². The molecule has 30 heavy (non-hydrogen) atoms. The van der Waals surface area contributed by atoms with E-state index in [9.17, 15) is 15.2 Å². The summed E-state index contributed by atoms with van der Waals surface area (Å²) < 4.78 is 6.18. The molecule has 2 N–H and O–H groups in total. The molecule has 0 spiro atoms. The molecular formula is C24H31N3O3. The molecule has 160 valence electrons. The average Bonchev–Trinajstić information content (AvgIpc) is 2.69. The Hall–Kier alpha value is -2.39. The first kappa shape index (κ1) is 20.9. The van der Waals surface area contributed by atoms with Crippen LogP contribution in [0.1, 0.15) is 57.1 Å². The second-order valence-electron chi connectivity index (χ2n) is 10.0. The van der Waals surface area contributed by atoms with Gasteiger partial charge in [-0.15, -0.1) is 0 Å². The molecule has 0 amide bonds. The Morgan fingerprint density at radius 1 is 1.27 bits per heavy atom. The fourth-order valence-corrected chi connectivity index (χ4v) is 6.03. The first-order valence-corrected chi connectivity index (χ1v) is 10.9. The molecule has 5 rings (SSSR count). The minimum absolute atomic E-state index is 0.0622. The van der Waals surface area contributed by atoms with Crippen molar-refractivity contribution in [2.24, 2.45) is 28.2 Å². The van der Waals surface area contributed by atoms with Crippen LogP contribution in [0, 0.1) is 41.5 Å². The van der Waals surface area contributed by atoms with Crippen LogP contribution in [-0.4, -0.2) is 28.6 Å². The number of amidine groups is 1. The highest BCUT2D eigenvalue weighted by molar-refractivity contribution is 5.91. The average molecular weight is 410 g/mol. The zero-order valence-electron chi connectivity index (χ0n) is 18.0. The van der Waals surface area contributed by atoms with Gasteiger partial charge >= 0.3 is 5.97 Å². The van der Waals surface area contributed by atoms with Crippen LogP contribution in [0.25, 0.3) is 0 Å². The number of benzene rings is 1. The number of ether oxygens (including phenoxy) is 1. The van der Waals surface area contributed by atoms with Crippen molar-refractivity contribution in [2.75, 3.05) is 0 Å². The third-order valence-corrected chi connectivity index (χ3v) is 7.42. The lowest BCUT2D eigenvalue weighted by Crippen LogP contribution is -2.56. The van der Waals surface area contributed by atoms with Gasteiger partial charge in [0, 0.05) is 0 Å². The van der Waals surface area contributed by atoms with Crippen molar-refractivity contribution in [1.29, 1.82) is 5.26 Å². The number of aliphatic carboxylic acids is 1. The van der Waals surface area contributed by atoms with E-state index >= 15 is 0 Å². The molecule has 4 aliphatic carbocycles. The van der Waals surface area contributed by atoms with Gasteiger partial charge in [0.25, 0.3) is 0 Å². The van der Waals surface area contributed by atoms with E-state index in [0.717, 1.165) is 24.8 Å². The number of nitriles is 1. The Kier molecular flexibility index (Phi) is 5.36. The summed E-state index contributed by atoms with van der Waals surface area (Å²) in [6.07, 6.45) is 6.34. The van der Waals surface area contributed by atoms with Crippen molar-refractivity contribution >= 4 is 11.8 Å². The van der Waals surface area contributed by atoms with Crippen LogP contribution in [-0.2, 0) is 16.1 Å². The topological polar surface area (TPSA) is 94.7 Å². The molecule has 2 atom stereocenters. The summed E-state index contributed by atoms with van der Waals surface area (Å²) >= 11 is 0. The number of carboxylic acid groups (broad SMARTS) is 1. The van der Waals surface area contributed by atoms with Crippen LogP contribution in [0.3, 0.4) is 0 Å². The fourth-order valence-electron chi connectivity index (χ4n) is 6.03. The Balaban J connectivity index is 1.53. The SMILES string of the molecule is Cc1ccc(COC(C)(C)C(=NC2C3CC4CC2CC(C(=O)O)(C4)C3)NC#N)cc1. The fraction of sp³-hybridized carbons (Fsp3) is 0.625. The number of nitrogens with one attached hydrogen (secondary N) is 1. The van der Waals surface area contributed by atoms with Gasteiger partial charge in [0.15, 0.2) is 6.19 Å². The van der Waals surface area contributed by atoms with Gasteiger partial charge in [-0.3, -0.25) is 15.1 Å². The second kappa shape index (κ2) is 7.70. The van der Waals surface area contributed by atoms with E-state index in [1.807, 2.05) is 32.2 Å². The van der Waals surface area contributed by atoms with Crippen molar-refractivity contribution in [1.82, 2.24) is 5.32 Å². The van der Waals surface area contributed by atoms with E-state index < -0.39 is 17.0 Å². The molecule has 6 heteroatoms. The monoisotopic (exact) mass is 409 g/mol. The summed E-state index contributed by atoms with van der Waals surface area (Å²) in [5.41, 5.74) is 0.971. The molecule has 4 bridgehead atoms. The second-order valence-corrected chi connectivity index (χ2v) is 10.0. The number of aliphatic imine (C=N–C) groups is 1. The first-order valence-electron chi connectivity index (χ1n) is 10.9. The van der Waals surface area contributed by atoms with Crippen LogP contribution < -0.4 is 5.32 Å². The Morgan fingerprint density at radius 3 is 2.47 bits per heavy atom. The molecule has 0 aliphatic heterocycles. The highest BCUT2D eigenvalue weighted by atomic mass is 16.5. The van der Waals surface area contributed by atoms with Gasteiger partial charge in [0.2, 0.25) is 0 Å². The lowest BCUT2D eigenvalue weighted by atomic mass is 9.48. The number of aryl methyl sites for hydroxylation is 1. The molecule has 6 nitrogen and oxygen atoms in total. The minimum Gasteiger partial charge on any atom is -0.481 e. The largest absolute Gasteiger partial charge is 0.481 e. The third kappa shape index (κ3) is 3.83. The number of hydrogen-bond acceptors (Lipinski definition) is 4. The van der Waals surface area contributed by atoms with E-state index in [1.165, 1.54) is 5.56 Å². The predicted octanol–water partition coefficient (Wildman–Crippen LogP) is 4.04. The molecule has 4 fully saturated rings. The molecule has 0 saturated heterocycles. The number of carboxylic acids is 1. The number of carbonyl (C=O) groups is 1. The van der Waals surface area contributed by atoms with Gasteiger partial charge in [-0.25, -0.2) is 0 Å². The Labute approximate surface area is 178 Å². The van der Waals surface area contributed by atoms with Crippen LogP contribution in [0.15, 0.2) is 29.3 Å². The van der Waals surface area contributed by atoms with E-state index in [2.05, 4.69) is 24.4 Å². The molecule has 2 unspecified atom stereocenters. The van der Waals surface area contributed by atoms with Crippen molar-refractivity contribution < 1.29 is 14.6 Å². The predicted molar refractivity (Wildman–Crippen MR) is 114 cm³/mol. The third-order valence-electron chi connectivity index (χ3n) is 7.42. The zero-order chi connectivity index (χ0) is 21.5. The van der Waals surface area contributed by atoms with Gasteiger partial charge < -0.3 is 9.84 Å². The van der Waals surface area contributed by atoms with Crippen molar-refractivity contribution in [3.63, 3.8) is 0 Å². The van der Waals surface area contributed by atoms with E-state index in [-0.39, 0.29) is 17.9 Å². The minimum atomic E-state index is -0.750. The molecule has 0 radical (unpaired) electrons. The molecule has 1 aromatic carbocycles. The van der Waals surface area contributed by atoms with Crippen LogP contribution in [0.2, 0.25) is 0 Å². The van der Waals surface area contributed by atoms with Gasteiger partial charge in [0.05, 0.1) is 18.1 Å². The van der Waals surface area contributed by atoms with Gasteiger partial charge in [-0.05, 0) is 76.2 Å². The highest BCUT2D eigenvalue weighted by Gasteiger charge is 2.59. The van der Waals surface area contributed by atoms with Crippen LogP contribution in [0.4, 0.5) is 0 Å². The maximum Gasteiger partial charge on any atom is 0.309 e. The van der Waals surface area contributed by atoms with Gasteiger partial charge in [0.1, 0.15) is 11.4 Å². The standard InChI is InChI=1S/C24H31N3O3/c1-15-4-6-16(7-5-15)13-30-23(2,3)21(26-14-25)27-20-18-8-17-9-19(20)12-24(10-17,11-18)22(28)29/h4-7,17-20H,8-13H2,1-3H3,(H,26,27)(H,28,29). The van der Waals surface area contributed by atoms with E-state index in [4.69, 9.17) is 9.73 Å². The van der Waals surface area contributed by atoms with Crippen LogP contribution in [0.5, 0.6) is 0 Å². The molecule has 1 aromatic rings. The lowest BCUT2D eigenvalue weighted by Gasteiger charge is -2.57. The molecule has 4 aliphatic rings. The quantitative estimate of drug-likeness (QED) is 0.320. The molecule has 4 saturated carbocycles.